The first-order chi connectivity index (χ1) is 11.2. The first-order valence-corrected chi connectivity index (χ1v) is 7.43. The van der Waals surface area contributed by atoms with E-state index in [1.165, 1.54) is 0 Å². The highest BCUT2D eigenvalue weighted by Crippen LogP contribution is 2.35. The van der Waals surface area contributed by atoms with Gasteiger partial charge in [0.2, 0.25) is 5.65 Å². The third kappa shape index (κ3) is 2.09. The van der Waals surface area contributed by atoms with Crippen LogP contribution < -0.4 is 16.2 Å². The molecule has 4 rings (SSSR count). The van der Waals surface area contributed by atoms with E-state index in [-0.39, 0.29) is 11.6 Å². The first kappa shape index (κ1) is 13.6. The number of fused-ring (bicyclic) bond motifs is 5. The summed E-state index contributed by atoms with van der Waals surface area (Å²) in [5, 5.41) is 5.50. The topological polar surface area (TPSA) is 91.3 Å². The quantitative estimate of drug-likeness (QED) is 0.526. The van der Waals surface area contributed by atoms with Gasteiger partial charge in [-0.3, -0.25) is 9.20 Å². The molecule has 3 N–H and O–H groups in total. The summed E-state index contributed by atoms with van der Waals surface area (Å²) < 4.78 is 1.82. The van der Waals surface area contributed by atoms with E-state index < -0.39 is 0 Å². The Bertz CT molecular complexity index is 986. The lowest BCUT2D eigenvalue weighted by Gasteiger charge is -2.07. The molecule has 2 aromatic heterocycles. The molecular formula is C16H15N5O2. The summed E-state index contributed by atoms with van der Waals surface area (Å²) in [6.45, 7) is 2.44. The van der Waals surface area contributed by atoms with Crippen molar-refractivity contribution in [2.45, 2.75) is 13.3 Å². The molecule has 0 saturated carbocycles. The molecule has 0 radical (unpaired) electrons. The van der Waals surface area contributed by atoms with Gasteiger partial charge >= 0.3 is 6.03 Å². The van der Waals surface area contributed by atoms with Crippen LogP contribution in [0.3, 0.4) is 0 Å². The molecule has 7 heteroatoms. The highest BCUT2D eigenvalue weighted by atomic mass is 16.2. The van der Waals surface area contributed by atoms with Crippen molar-refractivity contribution in [3.05, 3.63) is 52.2 Å². The standard InChI is InChI=1S/C16H15N5O2/c1-2-17-16(23)19-10-3-4-11-9(7-10)8-12-13(11)20-15(22)14-18-5-6-21(12)14/h3-7H,2,8H2,1H3,(H,20,22)(H2,17,19,23). The number of carbonyl (C=O) groups excluding carboxylic acids is 1. The number of urea groups is 1. The monoisotopic (exact) mass is 309 g/mol. The SMILES string of the molecule is CCNC(=O)Nc1ccc2c(c1)Cc1c-2[nH]c(=O)c2nccn12. The number of anilines is 1. The van der Waals surface area contributed by atoms with Gasteiger partial charge in [-0.1, -0.05) is 6.07 Å². The summed E-state index contributed by atoms with van der Waals surface area (Å²) in [5.41, 5.74) is 4.79. The van der Waals surface area contributed by atoms with Gasteiger partial charge in [-0.2, -0.15) is 0 Å². The maximum atomic E-state index is 12.1. The van der Waals surface area contributed by atoms with E-state index in [1.807, 2.05) is 29.5 Å². The molecule has 0 spiro atoms. The average Bonchev–Trinajstić information content (AvgIpc) is 3.12. The number of rotatable bonds is 2. The van der Waals surface area contributed by atoms with Gasteiger partial charge in [0, 0.05) is 36.6 Å². The summed E-state index contributed by atoms with van der Waals surface area (Å²) in [7, 11) is 0. The minimum absolute atomic E-state index is 0.203. The molecule has 1 aliphatic rings. The number of imidazole rings is 1. The van der Waals surface area contributed by atoms with Gasteiger partial charge < -0.3 is 15.6 Å². The van der Waals surface area contributed by atoms with Crippen LogP contribution in [-0.2, 0) is 6.42 Å². The average molecular weight is 309 g/mol. The summed E-state index contributed by atoms with van der Waals surface area (Å²) in [6.07, 6.45) is 4.10. The van der Waals surface area contributed by atoms with E-state index in [4.69, 9.17) is 0 Å². The lowest BCUT2D eigenvalue weighted by atomic mass is 10.1. The second-order valence-corrected chi connectivity index (χ2v) is 5.43. The van der Waals surface area contributed by atoms with Crippen molar-refractivity contribution in [2.24, 2.45) is 0 Å². The van der Waals surface area contributed by atoms with Crippen LogP contribution in [-0.4, -0.2) is 26.9 Å². The minimum atomic E-state index is -0.228. The predicted octanol–water partition coefficient (Wildman–Crippen LogP) is 1.74. The molecule has 3 aromatic rings. The Kier molecular flexibility index (Phi) is 2.94. The van der Waals surface area contributed by atoms with Crippen LogP contribution in [0.4, 0.5) is 10.5 Å². The van der Waals surface area contributed by atoms with Crippen LogP contribution in [0.2, 0.25) is 0 Å². The van der Waals surface area contributed by atoms with Gasteiger partial charge in [0.15, 0.2) is 0 Å². The molecule has 2 heterocycles. The van der Waals surface area contributed by atoms with Gasteiger partial charge in [-0.05, 0) is 24.6 Å². The van der Waals surface area contributed by atoms with Gasteiger partial charge in [-0.15, -0.1) is 0 Å². The highest BCUT2D eigenvalue weighted by molar-refractivity contribution is 5.90. The molecule has 7 nitrogen and oxygen atoms in total. The zero-order valence-electron chi connectivity index (χ0n) is 12.5. The van der Waals surface area contributed by atoms with Gasteiger partial charge in [-0.25, -0.2) is 9.78 Å². The fourth-order valence-electron chi connectivity index (χ4n) is 3.03. The number of H-pyrrole nitrogens is 1. The molecule has 0 atom stereocenters. The van der Waals surface area contributed by atoms with E-state index in [0.29, 0.717) is 18.6 Å². The van der Waals surface area contributed by atoms with Crippen molar-refractivity contribution in [1.82, 2.24) is 19.7 Å². The molecule has 0 fully saturated rings. The summed E-state index contributed by atoms with van der Waals surface area (Å²) in [6, 6.07) is 5.46. The number of aromatic nitrogens is 3. The third-order valence-electron chi connectivity index (χ3n) is 3.99. The largest absolute Gasteiger partial charge is 0.338 e. The van der Waals surface area contributed by atoms with Crippen molar-refractivity contribution in [3.8, 4) is 11.3 Å². The van der Waals surface area contributed by atoms with Crippen molar-refractivity contribution in [1.29, 1.82) is 0 Å². The van der Waals surface area contributed by atoms with E-state index in [1.54, 1.807) is 12.4 Å². The van der Waals surface area contributed by atoms with Crippen LogP contribution in [0.15, 0.2) is 35.4 Å². The first-order valence-electron chi connectivity index (χ1n) is 7.43. The zero-order chi connectivity index (χ0) is 16.0. The third-order valence-corrected chi connectivity index (χ3v) is 3.99. The van der Waals surface area contributed by atoms with Crippen molar-refractivity contribution < 1.29 is 4.79 Å². The van der Waals surface area contributed by atoms with Crippen molar-refractivity contribution in [3.63, 3.8) is 0 Å². The minimum Gasteiger partial charge on any atom is -0.338 e. The maximum Gasteiger partial charge on any atom is 0.319 e. The summed E-state index contributed by atoms with van der Waals surface area (Å²) in [5.74, 6) is 0. The zero-order valence-corrected chi connectivity index (χ0v) is 12.5. The molecule has 1 aliphatic carbocycles. The van der Waals surface area contributed by atoms with Crippen LogP contribution in [0.5, 0.6) is 0 Å². The van der Waals surface area contributed by atoms with Crippen LogP contribution >= 0.6 is 0 Å². The van der Waals surface area contributed by atoms with Crippen molar-refractivity contribution in [2.75, 3.05) is 11.9 Å². The number of amides is 2. The predicted molar refractivity (Wildman–Crippen MR) is 86.8 cm³/mol. The fraction of sp³-hybridized carbons (Fsp3) is 0.188. The number of nitrogens with zero attached hydrogens (tertiary/aromatic N) is 2. The normalized spacial score (nSPS) is 12.0. The molecule has 2 amide bonds. The molecule has 0 saturated heterocycles. The Morgan fingerprint density at radius 1 is 1.43 bits per heavy atom. The number of hydrogen-bond donors (Lipinski definition) is 3. The Hall–Kier alpha value is -3.09. The maximum absolute atomic E-state index is 12.1. The Morgan fingerprint density at radius 2 is 2.30 bits per heavy atom. The van der Waals surface area contributed by atoms with E-state index >= 15 is 0 Å². The van der Waals surface area contributed by atoms with Gasteiger partial charge in [0.1, 0.15) is 0 Å². The molecular weight excluding hydrogens is 294 g/mol. The highest BCUT2D eigenvalue weighted by Gasteiger charge is 2.23. The van der Waals surface area contributed by atoms with Gasteiger partial charge in [0.25, 0.3) is 5.56 Å². The molecule has 23 heavy (non-hydrogen) atoms. The van der Waals surface area contributed by atoms with Crippen LogP contribution in [0.1, 0.15) is 18.2 Å². The number of benzene rings is 1. The second kappa shape index (κ2) is 4.98. The number of hydrogen-bond acceptors (Lipinski definition) is 3. The van der Waals surface area contributed by atoms with E-state index in [2.05, 4.69) is 20.6 Å². The number of nitrogens with one attached hydrogen (secondary N) is 3. The van der Waals surface area contributed by atoms with Crippen LogP contribution in [0.25, 0.3) is 16.9 Å². The second-order valence-electron chi connectivity index (χ2n) is 5.43. The van der Waals surface area contributed by atoms with Crippen LogP contribution in [0, 0.1) is 0 Å². The molecule has 1 aromatic carbocycles. The molecule has 0 unspecified atom stereocenters. The Morgan fingerprint density at radius 3 is 3.13 bits per heavy atom. The van der Waals surface area contributed by atoms with Crippen molar-refractivity contribution >= 4 is 17.4 Å². The Balaban J connectivity index is 1.76. The molecule has 0 bridgehead atoms. The van der Waals surface area contributed by atoms with E-state index in [0.717, 1.165) is 28.2 Å². The summed E-state index contributed by atoms with van der Waals surface area (Å²) in [4.78, 5) is 30.7. The fourth-order valence-corrected chi connectivity index (χ4v) is 3.03. The number of aromatic amines is 1. The lowest BCUT2D eigenvalue weighted by molar-refractivity contribution is 0.252. The van der Waals surface area contributed by atoms with Gasteiger partial charge in [0.05, 0.1) is 11.4 Å². The Labute approximate surface area is 131 Å². The lowest BCUT2D eigenvalue weighted by Crippen LogP contribution is -2.28. The summed E-state index contributed by atoms with van der Waals surface area (Å²) >= 11 is 0. The number of carbonyl (C=O) groups is 1. The molecule has 116 valence electrons. The van der Waals surface area contributed by atoms with E-state index in [9.17, 15) is 9.59 Å². The molecule has 0 aliphatic heterocycles. The smallest absolute Gasteiger partial charge is 0.319 e.